The number of phenols is 1. The van der Waals surface area contributed by atoms with Crippen molar-refractivity contribution in [2.45, 2.75) is 26.2 Å². The number of hydrogen-bond donors (Lipinski definition) is 2. The fraction of sp³-hybridized carbons (Fsp3) is 0.353. The molecule has 2 rings (SSSR count). The quantitative estimate of drug-likeness (QED) is 0.469. The SMILES string of the molecule is CC(C)c1cc(Oc2c(Cl)c(F)nc(CCP(C)(=O)O)c2Cl)ccc1O. The molecule has 0 aliphatic carbocycles. The third kappa shape index (κ3) is 5.10. The fourth-order valence-corrected chi connectivity index (χ4v) is 3.40. The van der Waals surface area contributed by atoms with Crippen LogP contribution in [0.4, 0.5) is 4.39 Å². The molecule has 0 radical (unpaired) electrons. The number of benzene rings is 1. The first-order chi connectivity index (χ1) is 12.0. The lowest BCUT2D eigenvalue weighted by Crippen LogP contribution is -2.03. The van der Waals surface area contributed by atoms with Crippen molar-refractivity contribution >= 4 is 30.6 Å². The summed E-state index contributed by atoms with van der Waals surface area (Å²) in [6.07, 6.45) is -0.0999. The molecule has 0 saturated heterocycles. The molecule has 142 valence electrons. The summed E-state index contributed by atoms with van der Waals surface area (Å²) in [6.45, 7) is 5.01. The molecule has 0 aliphatic heterocycles. The van der Waals surface area contributed by atoms with Crippen LogP contribution in [-0.2, 0) is 11.0 Å². The van der Waals surface area contributed by atoms with Gasteiger partial charge in [0.1, 0.15) is 21.5 Å². The van der Waals surface area contributed by atoms with E-state index in [1.165, 1.54) is 18.8 Å². The molecule has 2 aromatic rings. The van der Waals surface area contributed by atoms with Crippen LogP contribution in [0.1, 0.15) is 31.0 Å². The molecule has 0 bridgehead atoms. The summed E-state index contributed by atoms with van der Waals surface area (Å²) in [5, 5.41) is 9.48. The van der Waals surface area contributed by atoms with Crippen molar-refractivity contribution in [1.29, 1.82) is 0 Å². The van der Waals surface area contributed by atoms with Gasteiger partial charge in [-0.3, -0.25) is 4.57 Å². The van der Waals surface area contributed by atoms with Gasteiger partial charge in [0.15, 0.2) is 13.1 Å². The molecule has 1 aromatic heterocycles. The highest BCUT2D eigenvalue weighted by Crippen LogP contribution is 2.42. The van der Waals surface area contributed by atoms with Crippen LogP contribution in [0.2, 0.25) is 10.0 Å². The molecule has 2 N–H and O–H groups in total. The number of rotatable bonds is 6. The molecular weight excluding hydrogens is 403 g/mol. The lowest BCUT2D eigenvalue weighted by Gasteiger charge is -2.15. The summed E-state index contributed by atoms with van der Waals surface area (Å²) in [6, 6.07) is 4.57. The van der Waals surface area contributed by atoms with E-state index in [4.69, 9.17) is 27.9 Å². The molecule has 1 unspecified atom stereocenters. The van der Waals surface area contributed by atoms with Gasteiger partial charge in [0, 0.05) is 24.8 Å². The Morgan fingerprint density at radius 1 is 1.31 bits per heavy atom. The standard InChI is InChI=1S/C17H19Cl2FNO4P/c1-9(2)11-8-10(4-5-13(11)22)25-16-14(18)12(6-7-26(3,23)24)21-17(20)15(16)19/h4-5,8-9,22H,6-7H2,1-3H3,(H,23,24). The first kappa shape index (κ1) is 21.0. The molecule has 26 heavy (non-hydrogen) atoms. The number of pyridine rings is 1. The average Bonchev–Trinajstić information content (AvgIpc) is 2.54. The van der Waals surface area contributed by atoms with Crippen LogP contribution < -0.4 is 4.74 Å². The maximum Gasteiger partial charge on any atom is 0.235 e. The molecule has 9 heteroatoms. The normalized spacial score (nSPS) is 13.7. The van der Waals surface area contributed by atoms with Crippen LogP contribution in [0.3, 0.4) is 0 Å². The third-order valence-electron chi connectivity index (χ3n) is 3.67. The number of aryl methyl sites for hydroxylation is 1. The van der Waals surface area contributed by atoms with E-state index in [2.05, 4.69) is 4.98 Å². The molecule has 0 aliphatic rings. The van der Waals surface area contributed by atoms with Crippen molar-refractivity contribution in [2.75, 3.05) is 12.8 Å². The lowest BCUT2D eigenvalue weighted by atomic mass is 10.0. The Balaban J connectivity index is 2.41. The Kier molecular flexibility index (Phi) is 6.56. The zero-order chi connectivity index (χ0) is 19.6. The third-order valence-corrected chi connectivity index (χ3v) is 5.44. The first-order valence-corrected chi connectivity index (χ1v) is 10.9. The minimum absolute atomic E-state index is 0.000379. The number of hydrogen-bond acceptors (Lipinski definition) is 4. The molecular formula is C17H19Cl2FNO4P. The molecule has 0 saturated carbocycles. The molecule has 0 amide bonds. The number of aromatic hydroxyl groups is 1. The number of aromatic nitrogens is 1. The summed E-state index contributed by atoms with van der Waals surface area (Å²) >= 11 is 12.2. The Labute approximate surface area is 161 Å². The second-order valence-corrected chi connectivity index (χ2v) is 9.61. The Morgan fingerprint density at radius 3 is 2.54 bits per heavy atom. The van der Waals surface area contributed by atoms with Crippen molar-refractivity contribution in [3.8, 4) is 17.2 Å². The summed E-state index contributed by atoms with van der Waals surface area (Å²) in [7, 11) is -3.31. The van der Waals surface area contributed by atoms with E-state index in [0.29, 0.717) is 11.3 Å². The number of halogens is 3. The second kappa shape index (κ2) is 8.13. The van der Waals surface area contributed by atoms with E-state index in [0.717, 1.165) is 0 Å². The van der Waals surface area contributed by atoms with Gasteiger partial charge in [0.25, 0.3) is 0 Å². The maximum absolute atomic E-state index is 14.1. The van der Waals surface area contributed by atoms with E-state index >= 15 is 0 Å². The molecule has 0 spiro atoms. The van der Waals surface area contributed by atoms with Gasteiger partial charge in [-0.05, 0) is 24.1 Å². The predicted octanol–water partition coefficient (Wildman–Crippen LogP) is 5.59. The molecule has 1 heterocycles. The predicted molar refractivity (Wildman–Crippen MR) is 101 cm³/mol. The van der Waals surface area contributed by atoms with Gasteiger partial charge in [0.05, 0.1) is 5.69 Å². The van der Waals surface area contributed by atoms with Crippen LogP contribution in [-0.4, -0.2) is 27.8 Å². The summed E-state index contributed by atoms with van der Waals surface area (Å²) in [5.41, 5.74) is 0.735. The Hall–Kier alpha value is -1.33. The van der Waals surface area contributed by atoms with Crippen LogP contribution in [0.15, 0.2) is 18.2 Å². The van der Waals surface area contributed by atoms with Gasteiger partial charge in [0.2, 0.25) is 5.95 Å². The largest absolute Gasteiger partial charge is 0.508 e. The molecule has 1 atom stereocenters. The van der Waals surface area contributed by atoms with E-state index < -0.39 is 13.3 Å². The van der Waals surface area contributed by atoms with Crippen molar-refractivity contribution in [3.05, 3.63) is 45.4 Å². The summed E-state index contributed by atoms with van der Waals surface area (Å²) in [5.74, 6) is -0.631. The highest BCUT2D eigenvalue weighted by molar-refractivity contribution is 7.57. The number of phenolic OH excluding ortho intramolecular Hbond substituents is 1. The van der Waals surface area contributed by atoms with Crippen molar-refractivity contribution in [1.82, 2.24) is 4.98 Å². The molecule has 0 fully saturated rings. The first-order valence-electron chi connectivity index (χ1n) is 7.83. The van der Waals surface area contributed by atoms with Gasteiger partial charge < -0.3 is 14.7 Å². The molecule has 1 aromatic carbocycles. The maximum atomic E-state index is 14.1. The molecule has 5 nitrogen and oxygen atoms in total. The van der Waals surface area contributed by atoms with Gasteiger partial charge in [-0.25, -0.2) is 4.98 Å². The van der Waals surface area contributed by atoms with Gasteiger partial charge >= 0.3 is 0 Å². The second-order valence-electron chi connectivity index (χ2n) is 6.31. The fourth-order valence-electron chi connectivity index (χ4n) is 2.28. The highest BCUT2D eigenvalue weighted by atomic mass is 35.5. The van der Waals surface area contributed by atoms with Crippen molar-refractivity contribution in [2.24, 2.45) is 0 Å². The highest BCUT2D eigenvalue weighted by Gasteiger charge is 2.22. The van der Waals surface area contributed by atoms with Crippen LogP contribution in [0.5, 0.6) is 17.2 Å². The minimum Gasteiger partial charge on any atom is -0.508 e. The van der Waals surface area contributed by atoms with Gasteiger partial charge in [-0.1, -0.05) is 37.0 Å². The number of nitrogens with zero attached hydrogens (tertiary/aromatic N) is 1. The Bertz CT molecular complexity index is 870. The Morgan fingerprint density at radius 2 is 1.96 bits per heavy atom. The topological polar surface area (TPSA) is 79.7 Å². The minimum atomic E-state index is -3.31. The van der Waals surface area contributed by atoms with Crippen LogP contribution in [0.25, 0.3) is 0 Å². The van der Waals surface area contributed by atoms with E-state index in [1.54, 1.807) is 6.07 Å². The van der Waals surface area contributed by atoms with E-state index in [9.17, 15) is 19.0 Å². The van der Waals surface area contributed by atoms with Gasteiger partial charge in [-0.15, -0.1) is 0 Å². The van der Waals surface area contributed by atoms with E-state index in [-0.39, 0.29) is 45.7 Å². The van der Waals surface area contributed by atoms with Crippen molar-refractivity contribution in [3.63, 3.8) is 0 Å². The lowest BCUT2D eigenvalue weighted by molar-refractivity contribution is 0.451. The van der Waals surface area contributed by atoms with Crippen molar-refractivity contribution < 1.29 is 23.7 Å². The zero-order valence-electron chi connectivity index (χ0n) is 14.5. The van der Waals surface area contributed by atoms with Gasteiger partial charge in [-0.2, -0.15) is 4.39 Å². The summed E-state index contributed by atoms with van der Waals surface area (Å²) in [4.78, 5) is 13.1. The monoisotopic (exact) mass is 421 g/mol. The zero-order valence-corrected chi connectivity index (χ0v) is 16.9. The van der Waals surface area contributed by atoms with Crippen LogP contribution >= 0.6 is 30.6 Å². The number of ether oxygens (including phenoxy) is 1. The van der Waals surface area contributed by atoms with Crippen LogP contribution in [0, 0.1) is 5.95 Å². The smallest absolute Gasteiger partial charge is 0.235 e. The average molecular weight is 422 g/mol. The summed E-state index contributed by atoms with van der Waals surface area (Å²) < 4.78 is 31.2. The van der Waals surface area contributed by atoms with E-state index in [1.807, 2.05) is 13.8 Å².